The highest BCUT2D eigenvalue weighted by atomic mass is 32.1. The van der Waals surface area contributed by atoms with E-state index in [-0.39, 0.29) is 12.2 Å². The van der Waals surface area contributed by atoms with Crippen LogP contribution < -0.4 is 10.1 Å². The van der Waals surface area contributed by atoms with Crippen LogP contribution in [0.3, 0.4) is 0 Å². The van der Waals surface area contributed by atoms with Crippen molar-refractivity contribution < 1.29 is 9.84 Å². The summed E-state index contributed by atoms with van der Waals surface area (Å²) in [4.78, 5) is 28.3. The number of ether oxygens (including phenoxy) is 1. The molecule has 0 bridgehead atoms. The summed E-state index contributed by atoms with van der Waals surface area (Å²) in [6.07, 6.45) is 8.36. The lowest BCUT2D eigenvalue weighted by Gasteiger charge is -2.31. The minimum absolute atomic E-state index is 0.0459. The van der Waals surface area contributed by atoms with Crippen molar-refractivity contribution in [2.24, 2.45) is 0 Å². The van der Waals surface area contributed by atoms with Gasteiger partial charge in [0.25, 0.3) is 0 Å². The van der Waals surface area contributed by atoms with Gasteiger partial charge in [-0.2, -0.15) is 4.98 Å². The molecule has 1 saturated heterocycles. The second-order valence-electron chi connectivity index (χ2n) is 9.35. The molecule has 1 saturated carbocycles. The van der Waals surface area contributed by atoms with Crippen molar-refractivity contribution in [2.45, 2.75) is 51.4 Å². The number of nitrogens with one attached hydrogen (secondary N) is 1. The van der Waals surface area contributed by atoms with Crippen LogP contribution in [0.1, 0.15) is 37.1 Å². The molecule has 1 aliphatic carbocycles. The van der Waals surface area contributed by atoms with Gasteiger partial charge in [0.15, 0.2) is 10.9 Å². The number of likely N-dealkylation sites (N-methyl/N-ethyl adjacent to an activating group) is 1. The first-order chi connectivity index (χ1) is 17.0. The number of nitrogens with zero attached hydrogens (tertiary/aromatic N) is 7. The van der Waals surface area contributed by atoms with Crippen LogP contribution in [0.5, 0.6) is 6.01 Å². The molecule has 0 unspecified atom stereocenters. The van der Waals surface area contributed by atoms with Crippen molar-refractivity contribution in [1.29, 1.82) is 0 Å². The molecule has 0 atom stereocenters. The highest BCUT2D eigenvalue weighted by molar-refractivity contribution is 7.18. The number of hydrogen-bond acceptors (Lipinski definition) is 11. The summed E-state index contributed by atoms with van der Waals surface area (Å²) in [5, 5.41) is 13.7. The average molecular weight is 497 g/mol. The molecule has 0 aromatic carbocycles. The summed E-state index contributed by atoms with van der Waals surface area (Å²) < 4.78 is 6.03. The van der Waals surface area contributed by atoms with E-state index in [1.165, 1.54) is 11.3 Å². The molecule has 5 rings (SSSR count). The third-order valence-corrected chi connectivity index (χ3v) is 7.36. The van der Waals surface area contributed by atoms with E-state index in [4.69, 9.17) is 4.74 Å². The maximum absolute atomic E-state index is 9.72. The molecule has 35 heavy (non-hydrogen) atoms. The van der Waals surface area contributed by atoms with Crippen LogP contribution in [-0.4, -0.2) is 85.3 Å². The van der Waals surface area contributed by atoms with Crippen LogP contribution in [0.15, 0.2) is 24.7 Å². The predicted octanol–water partition coefficient (Wildman–Crippen LogP) is 2.87. The minimum atomic E-state index is -0.218. The molecular formula is C24H32N8O2S. The smallest absolute Gasteiger partial charge is 0.317 e. The zero-order chi connectivity index (χ0) is 24.2. The van der Waals surface area contributed by atoms with Crippen LogP contribution >= 0.6 is 11.3 Å². The van der Waals surface area contributed by atoms with Crippen LogP contribution in [-0.2, 0) is 6.54 Å². The van der Waals surface area contributed by atoms with E-state index < -0.39 is 0 Å². The molecule has 3 aromatic heterocycles. The Bertz CT molecular complexity index is 1110. The Hall–Kier alpha value is -2.73. The summed E-state index contributed by atoms with van der Waals surface area (Å²) in [5.41, 5.74) is 2.59. The minimum Gasteiger partial charge on any atom is -0.460 e. The fourth-order valence-corrected chi connectivity index (χ4v) is 5.11. The Morgan fingerprint density at radius 1 is 1.03 bits per heavy atom. The lowest BCUT2D eigenvalue weighted by molar-refractivity contribution is 0.0618. The van der Waals surface area contributed by atoms with Crippen molar-refractivity contribution >= 4 is 22.3 Å². The fraction of sp³-hybridized carbons (Fsp3) is 0.542. The first-order valence-electron chi connectivity index (χ1n) is 12.2. The molecule has 4 heterocycles. The van der Waals surface area contributed by atoms with E-state index in [2.05, 4.69) is 47.1 Å². The summed E-state index contributed by atoms with van der Waals surface area (Å²) in [6.45, 7) is 7.04. The first-order valence-corrected chi connectivity index (χ1v) is 13.0. The third kappa shape index (κ3) is 6.49. The lowest BCUT2D eigenvalue weighted by atomic mass is 9.95. The van der Waals surface area contributed by atoms with Gasteiger partial charge >= 0.3 is 6.01 Å². The number of aromatic nitrogens is 5. The molecule has 0 amide bonds. The zero-order valence-corrected chi connectivity index (χ0v) is 21.0. The van der Waals surface area contributed by atoms with Gasteiger partial charge in [-0.05, 0) is 45.7 Å². The molecule has 11 heteroatoms. The largest absolute Gasteiger partial charge is 0.460 e. The number of aryl methyl sites for hydroxylation is 1. The van der Waals surface area contributed by atoms with Crippen LogP contribution in [0.25, 0.3) is 10.6 Å². The molecule has 2 N–H and O–H groups in total. The van der Waals surface area contributed by atoms with Gasteiger partial charge in [-0.3, -0.25) is 9.88 Å². The van der Waals surface area contributed by atoms with E-state index in [1.807, 2.05) is 19.2 Å². The quantitative estimate of drug-likeness (QED) is 0.506. The molecule has 1 aliphatic heterocycles. The maximum Gasteiger partial charge on any atom is 0.317 e. The molecule has 3 aromatic rings. The van der Waals surface area contributed by atoms with Gasteiger partial charge in [-0.25, -0.2) is 15.0 Å². The van der Waals surface area contributed by atoms with Gasteiger partial charge in [-0.15, -0.1) is 0 Å². The van der Waals surface area contributed by atoms with Crippen molar-refractivity contribution in [3.05, 3.63) is 36.0 Å². The van der Waals surface area contributed by atoms with Crippen molar-refractivity contribution in [2.75, 3.05) is 38.5 Å². The van der Waals surface area contributed by atoms with E-state index in [0.717, 1.165) is 85.5 Å². The number of aliphatic hydroxyl groups excluding tert-OH is 1. The Morgan fingerprint density at radius 2 is 1.83 bits per heavy atom. The molecular weight excluding hydrogens is 464 g/mol. The zero-order valence-electron chi connectivity index (χ0n) is 20.2. The number of aliphatic hydroxyl groups is 1. The molecule has 10 nitrogen and oxygen atoms in total. The predicted molar refractivity (Wildman–Crippen MR) is 135 cm³/mol. The summed E-state index contributed by atoms with van der Waals surface area (Å²) >= 11 is 1.50. The van der Waals surface area contributed by atoms with E-state index in [1.54, 1.807) is 12.4 Å². The second-order valence-corrected chi connectivity index (χ2v) is 10.4. The van der Waals surface area contributed by atoms with Gasteiger partial charge in [0.05, 0.1) is 34.8 Å². The second kappa shape index (κ2) is 10.9. The average Bonchev–Trinajstić information content (AvgIpc) is 3.32. The fourth-order valence-electron chi connectivity index (χ4n) is 4.33. The molecule has 2 fully saturated rings. The number of hydrogen-bond donors (Lipinski definition) is 2. The third-order valence-electron chi connectivity index (χ3n) is 6.43. The summed E-state index contributed by atoms with van der Waals surface area (Å²) in [6, 6.07) is 2.31. The number of anilines is 2. The monoisotopic (exact) mass is 496 g/mol. The van der Waals surface area contributed by atoms with Crippen molar-refractivity contribution in [3.8, 4) is 16.6 Å². The maximum atomic E-state index is 9.72. The number of thiazole rings is 1. The van der Waals surface area contributed by atoms with Gasteiger partial charge in [0, 0.05) is 44.6 Å². The Labute approximate surface area is 209 Å². The summed E-state index contributed by atoms with van der Waals surface area (Å²) in [5.74, 6) is 0.662. The molecule has 0 spiro atoms. The topological polar surface area (TPSA) is 112 Å². The molecule has 0 radical (unpaired) electrons. The van der Waals surface area contributed by atoms with Crippen molar-refractivity contribution in [3.63, 3.8) is 0 Å². The highest BCUT2D eigenvalue weighted by Crippen LogP contribution is 2.31. The normalized spacial score (nSPS) is 21.7. The lowest BCUT2D eigenvalue weighted by Crippen LogP contribution is -2.44. The van der Waals surface area contributed by atoms with Gasteiger partial charge in [-0.1, -0.05) is 11.3 Å². The summed E-state index contributed by atoms with van der Waals surface area (Å²) in [7, 11) is 2.16. The van der Waals surface area contributed by atoms with Gasteiger partial charge in [0.2, 0.25) is 0 Å². The van der Waals surface area contributed by atoms with Gasteiger partial charge < -0.3 is 20.1 Å². The number of rotatable bonds is 7. The van der Waals surface area contributed by atoms with Crippen LogP contribution in [0, 0.1) is 6.92 Å². The highest BCUT2D eigenvalue weighted by Gasteiger charge is 2.22. The van der Waals surface area contributed by atoms with Gasteiger partial charge in [0.1, 0.15) is 6.10 Å². The first kappa shape index (κ1) is 24.0. The Morgan fingerprint density at radius 3 is 2.57 bits per heavy atom. The van der Waals surface area contributed by atoms with Crippen LogP contribution in [0.2, 0.25) is 0 Å². The molecule has 2 aliphatic rings. The number of piperazine rings is 1. The van der Waals surface area contributed by atoms with Crippen molar-refractivity contribution in [1.82, 2.24) is 34.7 Å². The Kier molecular flexibility index (Phi) is 7.47. The van der Waals surface area contributed by atoms with E-state index in [9.17, 15) is 5.11 Å². The Balaban J connectivity index is 1.20. The standard InChI is InChI=1S/C24H32N8O2S/c1-16-11-20(29-23(28-16)34-19-5-3-18(33)4-6-19)21-13-27-24(35-21)30-22-14-25-17(12-26-22)15-32-9-7-31(2)8-10-32/h11-14,18-19,33H,3-10,15H2,1-2H3,(H,26,27,30). The van der Waals surface area contributed by atoms with E-state index >= 15 is 0 Å². The van der Waals surface area contributed by atoms with Crippen LogP contribution in [0.4, 0.5) is 10.9 Å². The van der Waals surface area contributed by atoms with E-state index in [0.29, 0.717) is 11.8 Å². The molecule has 186 valence electrons. The SMILES string of the molecule is Cc1cc(-c2cnc(Nc3cnc(CN4CCN(C)CC4)cn3)s2)nc(OC2CCC(O)CC2)n1.